The fourth-order valence-corrected chi connectivity index (χ4v) is 3.84. The Kier molecular flexibility index (Phi) is 6.02. The zero-order valence-corrected chi connectivity index (χ0v) is 15.4. The van der Waals surface area contributed by atoms with Crippen LogP contribution in [0.25, 0.3) is 0 Å². The maximum atomic E-state index is 12.3. The molecule has 0 spiro atoms. The number of benzene rings is 1. The molecule has 1 amide bonds. The number of nitrogens with zero attached hydrogens (tertiary/aromatic N) is 1. The monoisotopic (exact) mass is 417 g/mol. The largest absolute Gasteiger partial charge is 0.455 e. The molecule has 0 radical (unpaired) electrons. The van der Waals surface area contributed by atoms with E-state index in [1.165, 1.54) is 6.92 Å². The second-order valence-electron chi connectivity index (χ2n) is 4.98. The minimum Gasteiger partial charge on any atom is -0.455 e. The summed E-state index contributed by atoms with van der Waals surface area (Å²) in [5, 5.41) is 9.48. The SMILES string of the molecule is COC(O)(C(=O)OCc1ccccc1)N1C(=O)[C@H](Br)[C@H]1SC(C)=O. The fraction of sp³-hybridized carbons (Fsp3) is 0.400. The van der Waals surface area contributed by atoms with E-state index < -0.39 is 28.0 Å². The highest BCUT2D eigenvalue weighted by Crippen LogP contribution is 2.40. The number of rotatable bonds is 6. The van der Waals surface area contributed by atoms with Gasteiger partial charge in [0.2, 0.25) is 5.91 Å². The molecule has 9 heteroatoms. The maximum Gasteiger partial charge on any atom is 0.390 e. The van der Waals surface area contributed by atoms with Crippen LogP contribution in [0, 0.1) is 0 Å². The minimum absolute atomic E-state index is 0.0877. The Morgan fingerprint density at radius 3 is 2.54 bits per heavy atom. The first-order valence-corrected chi connectivity index (χ1v) is 8.74. The van der Waals surface area contributed by atoms with Crippen LogP contribution in [0.2, 0.25) is 0 Å². The Bertz CT molecular complexity index is 642. The van der Waals surface area contributed by atoms with Crippen molar-refractivity contribution >= 4 is 44.7 Å². The average Bonchev–Trinajstić information content (AvgIpc) is 2.59. The zero-order chi connectivity index (χ0) is 17.9. The smallest absolute Gasteiger partial charge is 0.390 e. The molecule has 1 saturated heterocycles. The van der Waals surface area contributed by atoms with E-state index in [2.05, 4.69) is 15.9 Å². The molecule has 3 atom stereocenters. The molecule has 1 aromatic carbocycles. The predicted octanol–water partition coefficient (Wildman–Crippen LogP) is 1.23. The van der Waals surface area contributed by atoms with E-state index in [4.69, 9.17) is 9.47 Å². The van der Waals surface area contributed by atoms with Crippen LogP contribution in [-0.4, -0.2) is 50.2 Å². The molecule has 0 aliphatic carbocycles. The van der Waals surface area contributed by atoms with Gasteiger partial charge in [-0.3, -0.25) is 14.5 Å². The maximum absolute atomic E-state index is 12.3. The number of amides is 1. The fourth-order valence-electron chi connectivity index (χ4n) is 2.13. The highest BCUT2D eigenvalue weighted by molar-refractivity contribution is 9.10. The third kappa shape index (κ3) is 3.64. The number of carbonyl (C=O) groups excluding carboxylic acids is 3. The van der Waals surface area contributed by atoms with E-state index in [1.54, 1.807) is 24.3 Å². The predicted molar refractivity (Wildman–Crippen MR) is 89.8 cm³/mol. The Morgan fingerprint density at radius 1 is 1.38 bits per heavy atom. The zero-order valence-electron chi connectivity index (χ0n) is 13.0. The summed E-state index contributed by atoms with van der Waals surface area (Å²) in [6, 6.07) is 8.86. The molecule has 0 saturated carbocycles. The van der Waals surface area contributed by atoms with Gasteiger partial charge in [0.05, 0.1) is 0 Å². The van der Waals surface area contributed by atoms with Crippen LogP contribution in [-0.2, 0) is 30.5 Å². The highest BCUT2D eigenvalue weighted by atomic mass is 79.9. The number of esters is 1. The van der Waals surface area contributed by atoms with Gasteiger partial charge in [-0.15, -0.1) is 0 Å². The number of alkyl halides is 1. The summed E-state index contributed by atoms with van der Waals surface area (Å²) < 4.78 is 9.92. The van der Waals surface area contributed by atoms with E-state index in [1.807, 2.05) is 6.07 Å². The molecule has 0 bridgehead atoms. The number of thioether (sulfide) groups is 1. The number of methoxy groups -OCH3 is 1. The second kappa shape index (κ2) is 7.64. The Hall–Kier alpha value is -1.42. The van der Waals surface area contributed by atoms with Gasteiger partial charge < -0.3 is 14.6 Å². The lowest BCUT2D eigenvalue weighted by Crippen LogP contribution is -2.73. The number of likely N-dealkylation sites (tertiary alicyclic amines) is 1. The van der Waals surface area contributed by atoms with Crippen molar-refractivity contribution < 1.29 is 29.0 Å². The molecule has 1 aliphatic heterocycles. The normalized spacial score (nSPS) is 22.5. The molecule has 7 nitrogen and oxygen atoms in total. The highest BCUT2D eigenvalue weighted by Gasteiger charge is 2.61. The molecule has 1 unspecified atom stereocenters. The quantitative estimate of drug-likeness (QED) is 0.322. The molecule has 2 rings (SSSR count). The first kappa shape index (κ1) is 18.9. The number of halogens is 1. The van der Waals surface area contributed by atoms with E-state index >= 15 is 0 Å². The summed E-state index contributed by atoms with van der Waals surface area (Å²) in [7, 11) is 1.08. The van der Waals surface area contributed by atoms with Crippen LogP contribution in [0.15, 0.2) is 30.3 Å². The van der Waals surface area contributed by atoms with E-state index in [-0.39, 0.29) is 11.7 Å². The van der Waals surface area contributed by atoms with Crippen molar-refractivity contribution in [3.63, 3.8) is 0 Å². The molecular formula is C15H16BrNO6S. The van der Waals surface area contributed by atoms with Gasteiger partial charge in [-0.1, -0.05) is 58.0 Å². The van der Waals surface area contributed by atoms with Crippen LogP contribution in [0.5, 0.6) is 0 Å². The summed E-state index contributed by atoms with van der Waals surface area (Å²) >= 11 is 3.93. The number of hydrogen-bond acceptors (Lipinski definition) is 7. The van der Waals surface area contributed by atoms with Gasteiger partial charge in [0.25, 0.3) is 0 Å². The van der Waals surface area contributed by atoms with Gasteiger partial charge >= 0.3 is 11.9 Å². The van der Waals surface area contributed by atoms with Crippen molar-refractivity contribution in [1.29, 1.82) is 0 Å². The van der Waals surface area contributed by atoms with E-state index in [9.17, 15) is 19.5 Å². The minimum atomic E-state index is -2.59. The number of ether oxygens (including phenoxy) is 2. The van der Waals surface area contributed by atoms with Crippen LogP contribution >= 0.6 is 27.7 Å². The standard InChI is InChI=1S/C15H16BrNO6S/c1-9(18)24-13-11(16)12(19)17(13)15(21,22-2)14(20)23-8-10-6-4-3-5-7-10/h3-7,11,13,21H,8H2,1-2H3/t11-,13+,15?/m0/s1. The van der Waals surface area contributed by atoms with Crippen molar-refractivity contribution in [2.75, 3.05) is 7.11 Å². The Labute approximate surface area is 151 Å². The molecule has 1 aliphatic rings. The van der Waals surface area contributed by atoms with Gasteiger partial charge in [-0.25, -0.2) is 4.79 Å². The third-order valence-electron chi connectivity index (χ3n) is 3.35. The lowest BCUT2D eigenvalue weighted by Gasteiger charge is -2.49. The summed E-state index contributed by atoms with van der Waals surface area (Å²) in [6.07, 6.45) is 0. The van der Waals surface area contributed by atoms with Crippen molar-refractivity contribution in [1.82, 2.24) is 4.90 Å². The van der Waals surface area contributed by atoms with Crippen molar-refractivity contribution in [2.45, 2.75) is 29.6 Å². The molecule has 1 heterocycles. The molecule has 0 aromatic heterocycles. The number of hydrogen-bond donors (Lipinski definition) is 1. The van der Waals surface area contributed by atoms with Crippen LogP contribution < -0.4 is 0 Å². The first-order valence-electron chi connectivity index (χ1n) is 6.94. The Morgan fingerprint density at radius 2 is 2.00 bits per heavy atom. The van der Waals surface area contributed by atoms with Gasteiger partial charge in [0.15, 0.2) is 5.12 Å². The van der Waals surface area contributed by atoms with Gasteiger partial charge in [0.1, 0.15) is 16.8 Å². The lowest BCUT2D eigenvalue weighted by atomic mass is 10.1. The second-order valence-corrected chi connectivity index (χ2v) is 7.26. The molecule has 130 valence electrons. The molecular weight excluding hydrogens is 402 g/mol. The molecule has 1 aromatic rings. The van der Waals surface area contributed by atoms with Gasteiger partial charge in [-0.05, 0) is 5.56 Å². The molecule has 1 fully saturated rings. The third-order valence-corrected chi connectivity index (χ3v) is 5.65. The van der Waals surface area contributed by atoms with Crippen molar-refractivity contribution in [3.05, 3.63) is 35.9 Å². The van der Waals surface area contributed by atoms with Crippen LogP contribution in [0.1, 0.15) is 12.5 Å². The number of carbonyl (C=O) groups is 3. The van der Waals surface area contributed by atoms with E-state index in [0.29, 0.717) is 5.56 Å². The number of aliphatic hydroxyl groups is 1. The topological polar surface area (TPSA) is 93.1 Å². The number of β-lactam (4-membered cyclic amide) rings is 1. The summed E-state index contributed by atoms with van der Waals surface area (Å²) in [5.74, 6) is -4.30. The van der Waals surface area contributed by atoms with Crippen LogP contribution in [0.3, 0.4) is 0 Å². The Balaban J connectivity index is 2.12. The van der Waals surface area contributed by atoms with E-state index in [0.717, 1.165) is 23.8 Å². The van der Waals surface area contributed by atoms with Gasteiger partial charge in [-0.2, -0.15) is 0 Å². The average molecular weight is 418 g/mol. The van der Waals surface area contributed by atoms with Crippen molar-refractivity contribution in [2.24, 2.45) is 0 Å². The summed E-state index contributed by atoms with van der Waals surface area (Å²) in [6.45, 7) is 1.24. The van der Waals surface area contributed by atoms with Gasteiger partial charge in [0, 0.05) is 14.0 Å². The van der Waals surface area contributed by atoms with Crippen LogP contribution in [0.4, 0.5) is 0 Å². The molecule has 24 heavy (non-hydrogen) atoms. The summed E-state index contributed by atoms with van der Waals surface area (Å²) in [5.41, 5.74) is 0.715. The molecule has 1 N–H and O–H groups in total. The first-order chi connectivity index (χ1) is 11.3. The lowest BCUT2D eigenvalue weighted by molar-refractivity contribution is -0.285. The van der Waals surface area contributed by atoms with Crippen molar-refractivity contribution in [3.8, 4) is 0 Å². The summed E-state index contributed by atoms with van der Waals surface area (Å²) in [4.78, 5) is 35.7.